The smallest absolute Gasteiger partial charge is 0.379 e. The molecule has 3 N–H and O–H groups in total. The van der Waals surface area contributed by atoms with Gasteiger partial charge in [0.1, 0.15) is 0 Å². The fourth-order valence-corrected chi connectivity index (χ4v) is 4.75. The first-order chi connectivity index (χ1) is 18.2. The molecule has 196 valence electrons. The number of amides is 1. The van der Waals surface area contributed by atoms with E-state index in [0.717, 1.165) is 34.3 Å². The normalized spacial score (nSPS) is 13.8. The molecule has 1 aliphatic heterocycles. The van der Waals surface area contributed by atoms with Crippen LogP contribution in [0.15, 0.2) is 66.9 Å². The Labute approximate surface area is 218 Å². The van der Waals surface area contributed by atoms with Gasteiger partial charge in [-0.05, 0) is 35.4 Å². The number of alkyl halides is 3. The predicted octanol–water partition coefficient (Wildman–Crippen LogP) is 4.62. The van der Waals surface area contributed by atoms with Crippen LogP contribution in [-0.2, 0) is 37.5 Å². The number of nitrogens with two attached hydrogens (primary N) is 1. The summed E-state index contributed by atoms with van der Waals surface area (Å²) in [7, 11) is 1.67. The van der Waals surface area contributed by atoms with Crippen LogP contribution in [0.2, 0.25) is 0 Å². The van der Waals surface area contributed by atoms with Gasteiger partial charge >= 0.3 is 6.18 Å². The number of benzene rings is 2. The van der Waals surface area contributed by atoms with Crippen LogP contribution in [0, 0.1) is 0 Å². The molecule has 0 spiro atoms. The lowest BCUT2D eigenvalue weighted by Crippen LogP contribution is -2.37. The van der Waals surface area contributed by atoms with Gasteiger partial charge < -0.3 is 11.1 Å². The highest BCUT2D eigenvalue weighted by Gasteiger charge is 2.34. The molecule has 0 radical (unpaired) electrons. The molecule has 0 saturated heterocycles. The SMILES string of the molecule is Cn1ccc(-c2cc(CNc3cc4c(nc3-c3ccccc3)CCN(CC(N)=O)C4)ccc2C(F)(F)F)n1. The standard InChI is InChI=1S/C28H27F3N6O/c1-36-11-9-24(35-36)21-13-18(7-8-22(21)28(29,30)31)15-33-25-14-20-16-37(17-26(32)38)12-10-23(20)34-27(25)19-5-3-2-4-6-19/h2-9,11,13-14,33H,10,12,15-17H2,1H3,(H2,32,38). The monoisotopic (exact) mass is 520 g/mol. The molecule has 1 aliphatic rings. The number of aryl methyl sites for hydroxylation is 1. The number of anilines is 1. The van der Waals surface area contributed by atoms with Crippen molar-refractivity contribution in [1.29, 1.82) is 0 Å². The first kappa shape index (κ1) is 25.5. The molecule has 4 aromatic rings. The van der Waals surface area contributed by atoms with Crippen molar-refractivity contribution in [2.24, 2.45) is 12.8 Å². The minimum Gasteiger partial charge on any atom is -0.379 e. The van der Waals surface area contributed by atoms with Gasteiger partial charge in [-0.1, -0.05) is 36.4 Å². The molecule has 0 aliphatic carbocycles. The maximum atomic E-state index is 13.7. The number of nitrogens with one attached hydrogen (secondary N) is 1. The molecule has 38 heavy (non-hydrogen) atoms. The zero-order chi connectivity index (χ0) is 26.9. The van der Waals surface area contributed by atoms with E-state index < -0.39 is 11.7 Å². The van der Waals surface area contributed by atoms with Crippen molar-refractivity contribution >= 4 is 11.6 Å². The van der Waals surface area contributed by atoms with Crippen molar-refractivity contribution in [3.63, 3.8) is 0 Å². The van der Waals surface area contributed by atoms with Crippen molar-refractivity contribution in [3.05, 3.63) is 89.2 Å². The maximum absolute atomic E-state index is 13.7. The molecular weight excluding hydrogens is 493 g/mol. The van der Waals surface area contributed by atoms with Crippen LogP contribution in [0.1, 0.15) is 22.4 Å². The van der Waals surface area contributed by atoms with E-state index in [2.05, 4.69) is 10.4 Å². The average Bonchev–Trinajstić information content (AvgIpc) is 3.32. The number of pyridine rings is 1. The number of nitrogens with zero attached hydrogens (tertiary/aromatic N) is 4. The Bertz CT molecular complexity index is 1470. The van der Waals surface area contributed by atoms with E-state index in [4.69, 9.17) is 10.7 Å². The van der Waals surface area contributed by atoms with Crippen molar-refractivity contribution in [2.45, 2.75) is 25.7 Å². The van der Waals surface area contributed by atoms with E-state index >= 15 is 0 Å². The average molecular weight is 521 g/mol. The summed E-state index contributed by atoms with van der Waals surface area (Å²) in [5, 5.41) is 7.59. The molecule has 1 amide bonds. The number of carbonyl (C=O) groups is 1. The largest absolute Gasteiger partial charge is 0.417 e. The minimum atomic E-state index is -4.50. The highest BCUT2D eigenvalue weighted by molar-refractivity contribution is 5.77. The van der Waals surface area contributed by atoms with Gasteiger partial charge in [0.2, 0.25) is 5.91 Å². The summed E-state index contributed by atoms with van der Waals surface area (Å²) in [6.07, 6.45) is -2.19. The zero-order valence-corrected chi connectivity index (χ0v) is 20.8. The maximum Gasteiger partial charge on any atom is 0.417 e. The Morgan fingerprint density at radius 2 is 1.89 bits per heavy atom. The molecule has 7 nitrogen and oxygen atoms in total. The minimum absolute atomic E-state index is 0.0337. The fraction of sp³-hybridized carbons (Fsp3) is 0.250. The number of hydrogen-bond acceptors (Lipinski definition) is 5. The van der Waals surface area contributed by atoms with Crippen LogP contribution in [0.5, 0.6) is 0 Å². The van der Waals surface area contributed by atoms with Gasteiger partial charge in [-0.15, -0.1) is 0 Å². The van der Waals surface area contributed by atoms with Gasteiger partial charge in [0.05, 0.1) is 29.2 Å². The van der Waals surface area contributed by atoms with Crippen LogP contribution < -0.4 is 11.1 Å². The molecule has 0 fully saturated rings. The zero-order valence-electron chi connectivity index (χ0n) is 20.8. The van der Waals surface area contributed by atoms with E-state index in [1.807, 2.05) is 41.3 Å². The number of halogens is 3. The van der Waals surface area contributed by atoms with Crippen LogP contribution in [-0.4, -0.2) is 38.7 Å². The van der Waals surface area contributed by atoms with Crippen molar-refractivity contribution < 1.29 is 18.0 Å². The lowest BCUT2D eigenvalue weighted by atomic mass is 9.99. The molecule has 0 unspecified atom stereocenters. The second kappa shape index (κ2) is 10.3. The molecule has 10 heteroatoms. The fourth-order valence-electron chi connectivity index (χ4n) is 4.75. The summed E-state index contributed by atoms with van der Waals surface area (Å²) in [6.45, 7) is 1.68. The molecule has 3 heterocycles. The molecular formula is C28H27F3N6O. The van der Waals surface area contributed by atoms with Gasteiger partial charge in [0.25, 0.3) is 0 Å². The van der Waals surface area contributed by atoms with Gasteiger partial charge in [-0.2, -0.15) is 18.3 Å². The van der Waals surface area contributed by atoms with E-state index in [0.29, 0.717) is 25.1 Å². The summed E-state index contributed by atoms with van der Waals surface area (Å²) in [6, 6.07) is 17.4. The van der Waals surface area contributed by atoms with Gasteiger partial charge in [0.15, 0.2) is 0 Å². The molecule has 0 bridgehead atoms. The van der Waals surface area contributed by atoms with Crippen molar-refractivity contribution in [2.75, 3.05) is 18.4 Å². The number of aromatic nitrogens is 3. The highest BCUT2D eigenvalue weighted by atomic mass is 19.4. The molecule has 5 rings (SSSR count). The van der Waals surface area contributed by atoms with Crippen molar-refractivity contribution in [1.82, 2.24) is 19.7 Å². The van der Waals surface area contributed by atoms with Crippen molar-refractivity contribution in [3.8, 4) is 22.5 Å². The lowest BCUT2D eigenvalue weighted by Gasteiger charge is -2.28. The molecule has 0 atom stereocenters. The van der Waals surface area contributed by atoms with E-state index in [-0.39, 0.29) is 30.3 Å². The van der Waals surface area contributed by atoms with Crippen LogP contribution in [0.25, 0.3) is 22.5 Å². The predicted molar refractivity (Wildman–Crippen MR) is 139 cm³/mol. The number of primary amides is 1. The Balaban J connectivity index is 1.48. The summed E-state index contributed by atoms with van der Waals surface area (Å²) in [4.78, 5) is 18.4. The van der Waals surface area contributed by atoms with Crippen LogP contribution >= 0.6 is 0 Å². The number of fused-ring (bicyclic) bond motifs is 1. The van der Waals surface area contributed by atoms with Gasteiger partial charge in [-0.3, -0.25) is 19.4 Å². The Morgan fingerprint density at radius 1 is 1.11 bits per heavy atom. The highest BCUT2D eigenvalue weighted by Crippen LogP contribution is 2.37. The number of carbonyl (C=O) groups excluding carboxylic acids is 1. The lowest BCUT2D eigenvalue weighted by molar-refractivity contribution is -0.137. The number of rotatable bonds is 7. The third-order valence-electron chi connectivity index (χ3n) is 6.54. The third kappa shape index (κ3) is 5.55. The topological polar surface area (TPSA) is 89.1 Å². The van der Waals surface area contributed by atoms with Crippen LogP contribution in [0.4, 0.5) is 18.9 Å². The second-order valence-corrected chi connectivity index (χ2v) is 9.39. The Kier molecular flexibility index (Phi) is 6.90. The van der Waals surface area contributed by atoms with Gasteiger partial charge in [0, 0.05) is 56.1 Å². The first-order valence-corrected chi connectivity index (χ1v) is 12.2. The summed E-state index contributed by atoms with van der Waals surface area (Å²) in [5.41, 5.74) is 10.0. The third-order valence-corrected chi connectivity index (χ3v) is 6.54. The Morgan fingerprint density at radius 3 is 2.58 bits per heavy atom. The first-order valence-electron chi connectivity index (χ1n) is 12.2. The quantitative estimate of drug-likeness (QED) is 0.371. The van der Waals surface area contributed by atoms with Crippen LogP contribution in [0.3, 0.4) is 0 Å². The second-order valence-electron chi connectivity index (χ2n) is 9.39. The van der Waals surface area contributed by atoms with E-state index in [1.165, 1.54) is 16.8 Å². The van der Waals surface area contributed by atoms with Gasteiger partial charge in [-0.25, -0.2) is 0 Å². The molecule has 2 aromatic heterocycles. The summed E-state index contributed by atoms with van der Waals surface area (Å²) in [5.74, 6) is -0.383. The van der Waals surface area contributed by atoms with E-state index in [1.54, 1.807) is 19.3 Å². The number of hydrogen-bond donors (Lipinski definition) is 2. The summed E-state index contributed by atoms with van der Waals surface area (Å²) < 4.78 is 42.7. The molecule has 2 aromatic carbocycles. The summed E-state index contributed by atoms with van der Waals surface area (Å²) >= 11 is 0. The molecule has 0 saturated carbocycles. The Hall–Kier alpha value is -4.18. The van der Waals surface area contributed by atoms with E-state index in [9.17, 15) is 18.0 Å².